The number of hydrogen-bond donors (Lipinski definition) is 1. The Balaban J connectivity index is 1.30. The van der Waals surface area contributed by atoms with Gasteiger partial charge in [-0.25, -0.2) is 4.39 Å². The summed E-state index contributed by atoms with van der Waals surface area (Å²) in [5.41, 5.74) is 1.57. The Morgan fingerprint density at radius 3 is 2.50 bits per heavy atom. The van der Waals surface area contributed by atoms with Gasteiger partial charge in [0.1, 0.15) is 5.82 Å². The first-order chi connectivity index (χ1) is 14.4. The average Bonchev–Trinajstić information content (AvgIpc) is 2.99. The molecular weight excluding hydrogens is 385 g/mol. The van der Waals surface area contributed by atoms with Gasteiger partial charge >= 0.3 is 0 Å². The molecule has 3 fully saturated rings. The van der Waals surface area contributed by atoms with Crippen molar-refractivity contribution in [1.82, 2.24) is 10.2 Å². The maximum absolute atomic E-state index is 14.2. The Kier molecular flexibility index (Phi) is 6.06. The maximum Gasteiger partial charge on any atom is 0.233 e. The van der Waals surface area contributed by atoms with Crippen molar-refractivity contribution < 1.29 is 18.8 Å². The SMILES string of the molecule is Cc1ccc(F)c(N2CCCC(NC(=O)CCN3C(=O)C4CCCCC4C3=O)C2)c1. The molecule has 2 heterocycles. The van der Waals surface area contributed by atoms with Crippen LogP contribution in [0.1, 0.15) is 50.5 Å². The summed E-state index contributed by atoms with van der Waals surface area (Å²) in [6.45, 7) is 3.40. The Morgan fingerprint density at radius 2 is 1.80 bits per heavy atom. The molecule has 1 saturated carbocycles. The van der Waals surface area contributed by atoms with Crippen LogP contribution in [0.15, 0.2) is 18.2 Å². The van der Waals surface area contributed by atoms with Crippen molar-refractivity contribution in [3.63, 3.8) is 0 Å². The number of nitrogens with zero attached hydrogens (tertiary/aromatic N) is 2. The lowest BCUT2D eigenvalue weighted by Gasteiger charge is -2.35. The van der Waals surface area contributed by atoms with E-state index < -0.39 is 0 Å². The van der Waals surface area contributed by atoms with E-state index in [1.165, 1.54) is 11.0 Å². The van der Waals surface area contributed by atoms with E-state index in [0.29, 0.717) is 12.2 Å². The first-order valence-electron chi connectivity index (χ1n) is 11.1. The Morgan fingerprint density at radius 1 is 1.10 bits per heavy atom. The monoisotopic (exact) mass is 415 g/mol. The van der Waals surface area contributed by atoms with Gasteiger partial charge in [0, 0.05) is 32.1 Å². The van der Waals surface area contributed by atoms with Gasteiger partial charge in [0.05, 0.1) is 17.5 Å². The number of nitrogens with one attached hydrogen (secondary N) is 1. The van der Waals surface area contributed by atoms with Gasteiger partial charge < -0.3 is 10.2 Å². The molecule has 30 heavy (non-hydrogen) atoms. The number of halogens is 1. The van der Waals surface area contributed by atoms with Crippen LogP contribution < -0.4 is 10.2 Å². The van der Waals surface area contributed by atoms with Gasteiger partial charge in [-0.2, -0.15) is 0 Å². The van der Waals surface area contributed by atoms with E-state index in [2.05, 4.69) is 5.32 Å². The van der Waals surface area contributed by atoms with Gasteiger partial charge in [-0.15, -0.1) is 0 Å². The van der Waals surface area contributed by atoms with Crippen LogP contribution in [0.25, 0.3) is 0 Å². The molecule has 3 aliphatic rings. The van der Waals surface area contributed by atoms with Crippen LogP contribution in [0.5, 0.6) is 0 Å². The van der Waals surface area contributed by atoms with E-state index in [4.69, 9.17) is 0 Å². The highest BCUT2D eigenvalue weighted by Crippen LogP contribution is 2.38. The third-order valence-electron chi connectivity index (χ3n) is 6.72. The molecule has 0 radical (unpaired) electrons. The standard InChI is InChI=1S/C23H30FN3O3/c1-15-8-9-19(24)20(13-15)26-11-4-5-16(14-26)25-21(28)10-12-27-22(29)17-6-2-3-7-18(17)23(27)30/h8-9,13,16-18H,2-7,10-12,14H2,1H3,(H,25,28). The molecule has 6 nitrogen and oxygen atoms in total. The minimum atomic E-state index is -0.250. The number of anilines is 1. The molecule has 3 amide bonds. The normalized spacial score (nSPS) is 26.7. The molecule has 1 aromatic rings. The van der Waals surface area contributed by atoms with Gasteiger partial charge in [0.25, 0.3) is 0 Å². The molecule has 0 bridgehead atoms. The van der Waals surface area contributed by atoms with Gasteiger partial charge in [-0.3, -0.25) is 19.3 Å². The van der Waals surface area contributed by atoms with E-state index in [0.717, 1.165) is 50.6 Å². The van der Waals surface area contributed by atoms with Crippen LogP contribution in [-0.4, -0.2) is 48.3 Å². The highest BCUT2D eigenvalue weighted by molar-refractivity contribution is 6.05. The summed E-state index contributed by atoms with van der Waals surface area (Å²) in [5, 5.41) is 3.02. The minimum absolute atomic E-state index is 0.0706. The first-order valence-corrected chi connectivity index (χ1v) is 11.1. The van der Waals surface area contributed by atoms with Crippen LogP contribution in [0, 0.1) is 24.6 Å². The van der Waals surface area contributed by atoms with Gasteiger partial charge in [0.15, 0.2) is 0 Å². The Labute approximate surface area is 176 Å². The van der Waals surface area contributed by atoms with Crippen LogP contribution in [0.2, 0.25) is 0 Å². The average molecular weight is 416 g/mol. The number of aryl methyl sites for hydroxylation is 1. The zero-order chi connectivity index (χ0) is 21.3. The fourth-order valence-corrected chi connectivity index (χ4v) is 5.14. The number of carbonyl (C=O) groups excluding carboxylic acids is 3. The lowest BCUT2D eigenvalue weighted by molar-refractivity contribution is -0.140. The molecule has 0 aromatic heterocycles. The Hall–Kier alpha value is -2.44. The minimum Gasteiger partial charge on any atom is -0.367 e. The molecular formula is C23H30FN3O3. The number of rotatable bonds is 5. The van der Waals surface area contributed by atoms with Crippen LogP contribution in [0.4, 0.5) is 10.1 Å². The quantitative estimate of drug-likeness (QED) is 0.751. The fourth-order valence-electron chi connectivity index (χ4n) is 5.14. The number of benzene rings is 1. The summed E-state index contributed by atoms with van der Waals surface area (Å²) in [6, 6.07) is 5.00. The predicted molar refractivity (Wildman–Crippen MR) is 111 cm³/mol. The topological polar surface area (TPSA) is 69.7 Å². The lowest BCUT2D eigenvalue weighted by atomic mass is 9.81. The molecule has 7 heteroatoms. The first kappa shape index (κ1) is 20.8. The van der Waals surface area contributed by atoms with Gasteiger partial charge in [-0.05, 0) is 50.3 Å². The van der Waals surface area contributed by atoms with Gasteiger partial charge in [-0.1, -0.05) is 18.9 Å². The number of hydrogen-bond acceptors (Lipinski definition) is 4. The fraction of sp³-hybridized carbons (Fsp3) is 0.609. The van der Waals surface area contributed by atoms with Crippen molar-refractivity contribution in [3.05, 3.63) is 29.6 Å². The smallest absolute Gasteiger partial charge is 0.233 e. The zero-order valence-corrected chi connectivity index (χ0v) is 17.5. The van der Waals surface area contributed by atoms with Crippen molar-refractivity contribution in [2.45, 2.75) is 57.9 Å². The third-order valence-corrected chi connectivity index (χ3v) is 6.72. The van der Waals surface area contributed by atoms with Crippen molar-refractivity contribution >= 4 is 23.4 Å². The molecule has 0 spiro atoms. The molecule has 2 aliphatic heterocycles. The lowest BCUT2D eigenvalue weighted by Crippen LogP contribution is -2.48. The summed E-state index contributed by atoms with van der Waals surface area (Å²) in [6.07, 6.45) is 5.37. The number of likely N-dealkylation sites (tertiary alicyclic amines) is 1. The number of fused-ring (bicyclic) bond motifs is 1. The summed E-state index contributed by atoms with van der Waals surface area (Å²) >= 11 is 0. The summed E-state index contributed by atoms with van der Waals surface area (Å²) in [7, 11) is 0. The van der Waals surface area contributed by atoms with E-state index in [9.17, 15) is 18.8 Å². The third kappa shape index (κ3) is 4.20. The maximum atomic E-state index is 14.2. The zero-order valence-electron chi connectivity index (χ0n) is 17.5. The van der Waals surface area contributed by atoms with E-state index >= 15 is 0 Å². The second-order valence-corrected chi connectivity index (χ2v) is 8.88. The van der Waals surface area contributed by atoms with Crippen LogP contribution in [-0.2, 0) is 14.4 Å². The summed E-state index contributed by atoms with van der Waals surface area (Å²) < 4.78 is 14.2. The second kappa shape index (κ2) is 8.74. The molecule has 3 atom stereocenters. The van der Waals surface area contributed by atoms with Crippen molar-refractivity contribution in [3.8, 4) is 0 Å². The highest BCUT2D eigenvalue weighted by Gasteiger charge is 2.47. The number of imide groups is 1. The van der Waals surface area contributed by atoms with Crippen molar-refractivity contribution in [2.24, 2.45) is 11.8 Å². The largest absolute Gasteiger partial charge is 0.367 e. The second-order valence-electron chi connectivity index (χ2n) is 8.88. The summed E-state index contributed by atoms with van der Waals surface area (Å²) in [4.78, 5) is 40.9. The molecule has 1 N–H and O–H groups in total. The predicted octanol–water partition coefficient (Wildman–Crippen LogP) is 2.78. The molecule has 1 aromatic carbocycles. The molecule has 4 rings (SSSR count). The number of piperidine rings is 1. The van der Waals surface area contributed by atoms with E-state index in [1.54, 1.807) is 6.07 Å². The van der Waals surface area contributed by atoms with Crippen LogP contribution in [0.3, 0.4) is 0 Å². The molecule has 162 valence electrons. The molecule has 1 aliphatic carbocycles. The van der Waals surface area contributed by atoms with Crippen LogP contribution >= 0.6 is 0 Å². The van der Waals surface area contributed by atoms with Crippen molar-refractivity contribution in [2.75, 3.05) is 24.5 Å². The molecule has 2 saturated heterocycles. The van der Waals surface area contributed by atoms with Gasteiger partial charge in [0.2, 0.25) is 17.7 Å². The van der Waals surface area contributed by atoms with Crippen molar-refractivity contribution in [1.29, 1.82) is 0 Å². The highest BCUT2D eigenvalue weighted by atomic mass is 19.1. The summed E-state index contributed by atoms with van der Waals surface area (Å²) in [5.74, 6) is -0.967. The number of carbonyl (C=O) groups is 3. The van der Waals surface area contributed by atoms with E-state index in [1.807, 2.05) is 17.9 Å². The number of amides is 3. The molecule has 3 unspecified atom stereocenters. The Bertz CT molecular complexity index is 819. The van der Waals surface area contributed by atoms with E-state index in [-0.39, 0.29) is 54.4 Å².